The number of esters is 1. The van der Waals surface area contributed by atoms with Crippen molar-refractivity contribution >= 4 is 5.97 Å². The molecule has 162 valence electrons. The Morgan fingerprint density at radius 1 is 1.27 bits per heavy atom. The van der Waals surface area contributed by atoms with E-state index in [0.717, 1.165) is 13.8 Å². The zero-order valence-electron chi connectivity index (χ0n) is 17.6. The molecule has 30 heavy (non-hydrogen) atoms. The van der Waals surface area contributed by atoms with Crippen LogP contribution in [0, 0.1) is 16.7 Å². The second-order valence-electron chi connectivity index (χ2n) is 7.31. The summed E-state index contributed by atoms with van der Waals surface area (Å²) in [7, 11) is 1.39. The summed E-state index contributed by atoms with van der Waals surface area (Å²) in [4.78, 5) is 12.2. The van der Waals surface area contributed by atoms with Gasteiger partial charge >= 0.3 is 12.1 Å². The van der Waals surface area contributed by atoms with Crippen molar-refractivity contribution in [3.8, 4) is 23.1 Å². The van der Waals surface area contributed by atoms with Gasteiger partial charge in [0.15, 0.2) is 5.69 Å². The summed E-state index contributed by atoms with van der Waals surface area (Å²) in [5.41, 5.74) is -0.768. The maximum Gasteiger partial charge on any atom is 0.394 e. The highest BCUT2D eigenvalue weighted by Gasteiger charge is 2.47. The van der Waals surface area contributed by atoms with Crippen LogP contribution in [0.2, 0.25) is 0 Å². The van der Waals surface area contributed by atoms with Crippen LogP contribution in [0.3, 0.4) is 0 Å². The summed E-state index contributed by atoms with van der Waals surface area (Å²) in [5, 5.41) is 13.9. The Morgan fingerprint density at radius 3 is 2.43 bits per heavy atom. The zero-order valence-corrected chi connectivity index (χ0v) is 17.6. The highest BCUT2D eigenvalue weighted by atomic mass is 19.4. The molecule has 0 saturated carbocycles. The van der Waals surface area contributed by atoms with E-state index >= 15 is 0 Å². The van der Waals surface area contributed by atoms with Crippen LogP contribution in [0.1, 0.15) is 49.3 Å². The molecule has 0 saturated heterocycles. The number of hydrogen-bond donors (Lipinski definition) is 0. The lowest BCUT2D eigenvalue weighted by atomic mass is 9.84. The number of hydrogen-bond acceptors (Lipinski definition) is 5. The molecule has 0 aliphatic heterocycles. The van der Waals surface area contributed by atoms with Crippen LogP contribution in [0.5, 0.6) is 5.75 Å². The van der Waals surface area contributed by atoms with Crippen LogP contribution >= 0.6 is 0 Å². The van der Waals surface area contributed by atoms with Gasteiger partial charge in [0.25, 0.3) is 0 Å². The fourth-order valence-electron chi connectivity index (χ4n) is 3.06. The molecule has 0 amide bonds. The van der Waals surface area contributed by atoms with Gasteiger partial charge in [-0.2, -0.15) is 23.5 Å². The Morgan fingerprint density at radius 2 is 1.93 bits per heavy atom. The van der Waals surface area contributed by atoms with E-state index in [1.807, 2.05) is 6.07 Å². The van der Waals surface area contributed by atoms with Crippen molar-refractivity contribution in [2.45, 2.75) is 46.8 Å². The highest BCUT2D eigenvalue weighted by Crippen LogP contribution is 2.42. The number of ether oxygens (including phenoxy) is 2. The van der Waals surface area contributed by atoms with Crippen LogP contribution in [-0.4, -0.2) is 35.6 Å². The van der Waals surface area contributed by atoms with E-state index in [9.17, 15) is 23.2 Å². The Labute approximate surface area is 173 Å². The van der Waals surface area contributed by atoms with E-state index in [-0.39, 0.29) is 30.0 Å². The topological polar surface area (TPSA) is 77.1 Å². The Kier molecular flexibility index (Phi) is 6.80. The lowest BCUT2D eigenvalue weighted by Crippen LogP contribution is -2.34. The lowest BCUT2D eigenvalue weighted by molar-refractivity contribution is -0.211. The monoisotopic (exact) mass is 423 g/mol. The number of carbonyl (C=O) groups excluding carboxylic acids is 1. The summed E-state index contributed by atoms with van der Waals surface area (Å²) >= 11 is 0. The van der Waals surface area contributed by atoms with Crippen LogP contribution in [-0.2, 0) is 17.7 Å². The van der Waals surface area contributed by atoms with Gasteiger partial charge in [-0.15, -0.1) is 0 Å². The number of methoxy groups -OCH3 is 1. The molecule has 0 unspecified atom stereocenters. The maximum atomic E-state index is 13.3. The van der Waals surface area contributed by atoms with E-state index in [1.165, 1.54) is 17.9 Å². The lowest BCUT2D eigenvalue weighted by Gasteiger charge is -2.28. The van der Waals surface area contributed by atoms with Crippen LogP contribution in [0.25, 0.3) is 11.3 Å². The van der Waals surface area contributed by atoms with Gasteiger partial charge in [-0.1, -0.05) is 19.9 Å². The molecule has 6 nitrogen and oxygen atoms in total. The molecule has 0 aliphatic rings. The standard InChI is InChI=1S/C21H24F3N3O3/c1-6-27-18(15(12-25)17(26-27)19(28)30-7-2)14-9-8-13(10-16(14)29-5)11-20(3,4)21(22,23)24/h8-10H,6-7,11H2,1-5H3. The van der Waals surface area contributed by atoms with Crippen molar-refractivity contribution in [3.63, 3.8) is 0 Å². The van der Waals surface area contributed by atoms with E-state index in [0.29, 0.717) is 23.4 Å². The number of aromatic nitrogens is 2. The molecule has 0 bridgehead atoms. The second kappa shape index (κ2) is 8.78. The largest absolute Gasteiger partial charge is 0.496 e. The molecule has 2 aromatic rings. The number of halogens is 3. The first-order chi connectivity index (χ1) is 14.0. The quantitative estimate of drug-likeness (QED) is 0.600. The van der Waals surface area contributed by atoms with Crippen molar-refractivity contribution in [2.75, 3.05) is 13.7 Å². The van der Waals surface area contributed by atoms with E-state index in [1.54, 1.807) is 26.0 Å². The molecule has 0 N–H and O–H groups in total. The molecular formula is C21H24F3N3O3. The van der Waals surface area contributed by atoms with Gasteiger partial charge in [0, 0.05) is 12.1 Å². The fraction of sp³-hybridized carbons (Fsp3) is 0.476. The smallest absolute Gasteiger partial charge is 0.394 e. The minimum Gasteiger partial charge on any atom is -0.496 e. The molecule has 0 spiro atoms. The van der Waals surface area contributed by atoms with Gasteiger partial charge in [-0.25, -0.2) is 4.79 Å². The fourth-order valence-corrected chi connectivity index (χ4v) is 3.06. The number of nitrogens with zero attached hydrogens (tertiary/aromatic N) is 3. The SMILES string of the molecule is CCOC(=O)c1nn(CC)c(-c2ccc(CC(C)(C)C(F)(F)F)cc2OC)c1C#N. The molecule has 0 aliphatic carbocycles. The minimum atomic E-state index is -4.36. The Balaban J connectivity index is 2.60. The molecule has 0 fully saturated rings. The summed E-state index contributed by atoms with van der Waals surface area (Å²) in [5.74, 6) is -0.433. The average molecular weight is 423 g/mol. The molecule has 9 heteroatoms. The summed E-state index contributed by atoms with van der Waals surface area (Å²) < 4.78 is 51.6. The van der Waals surface area contributed by atoms with Crippen molar-refractivity contribution in [3.05, 3.63) is 35.0 Å². The molecule has 1 aromatic carbocycles. The average Bonchev–Trinajstić information content (AvgIpc) is 3.05. The van der Waals surface area contributed by atoms with Crippen molar-refractivity contribution < 1.29 is 27.4 Å². The molecule has 1 aromatic heterocycles. The zero-order chi connectivity index (χ0) is 22.7. The normalized spacial score (nSPS) is 11.8. The predicted octanol–water partition coefficient (Wildman–Crippen LogP) is 4.76. The van der Waals surface area contributed by atoms with Gasteiger partial charge in [0.05, 0.1) is 24.8 Å². The molecule has 0 radical (unpaired) electrons. The molecule has 2 rings (SSSR count). The number of rotatable bonds is 7. The third-order valence-electron chi connectivity index (χ3n) is 4.77. The highest BCUT2D eigenvalue weighted by molar-refractivity contribution is 5.93. The van der Waals surface area contributed by atoms with Gasteiger partial charge in [-0.05, 0) is 38.0 Å². The number of nitriles is 1. The first-order valence-corrected chi connectivity index (χ1v) is 9.42. The summed E-state index contributed by atoms with van der Waals surface area (Å²) in [6, 6.07) is 6.65. The number of benzene rings is 1. The maximum absolute atomic E-state index is 13.3. The van der Waals surface area contributed by atoms with E-state index in [2.05, 4.69) is 5.10 Å². The Hall–Kier alpha value is -3.02. The van der Waals surface area contributed by atoms with Gasteiger partial charge in [0.1, 0.15) is 17.4 Å². The first kappa shape index (κ1) is 23.3. The van der Waals surface area contributed by atoms with Crippen LogP contribution in [0.4, 0.5) is 13.2 Å². The van der Waals surface area contributed by atoms with Crippen LogP contribution in [0.15, 0.2) is 18.2 Å². The third-order valence-corrected chi connectivity index (χ3v) is 4.77. The van der Waals surface area contributed by atoms with Crippen molar-refractivity contribution in [1.82, 2.24) is 9.78 Å². The summed E-state index contributed by atoms with van der Waals surface area (Å²) in [6.07, 6.45) is -4.60. The number of carbonyl (C=O) groups is 1. The number of aryl methyl sites for hydroxylation is 1. The van der Waals surface area contributed by atoms with Gasteiger partial charge < -0.3 is 9.47 Å². The first-order valence-electron chi connectivity index (χ1n) is 9.42. The third kappa shape index (κ3) is 4.42. The summed E-state index contributed by atoms with van der Waals surface area (Å²) in [6.45, 7) is 6.20. The van der Waals surface area contributed by atoms with Crippen molar-refractivity contribution in [2.24, 2.45) is 5.41 Å². The van der Waals surface area contributed by atoms with E-state index in [4.69, 9.17) is 9.47 Å². The van der Waals surface area contributed by atoms with Crippen LogP contribution < -0.4 is 4.74 Å². The number of alkyl halides is 3. The predicted molar refractivity (Wildman–Crippen MR) is 104 cm³/mol. The van der Waals surface area contributed by atoms with Gasteiger partial charge in [0.2, 0.25) is 0 Å². The van der Waals surface area contributed by atoms with Gasteiger partial charge in [-0.3, -0.25) is 4.68 Å². The van der Waals surface area contributed by atoms with Crippen molar-refractivity contribution in [1.29, 1.82) is 5.26 Å². The van der Waals surface area contributed by atoms with E-state index < -0.39 is 17.6 Å². The molecule has 0 atom stereocenters. The minimum absolute atomic E-state index is 0.0250. The molecule has 1 heterocycles. The Bertz CT molecular complexity index is 972. The second-order valence-corrected chi connectivity index (χ2v) is 7.31. The molecular weight excluding hydrogens is 399 g/mol.